The maximum atomic E-state index is 7.41. The van der Waals surface area contributed by atoms with Crippen LogP contribution in [-0.4, -0.2) is 87.8 Å². The van der Waals surface area contributed by atoms with E-state index < -0.39 is 29.0 Å². The van der Waals surface area contributed by atoms with E-state index in [2.05, 4.69) is 144 Å². The minimum atomic E-state index is -2.33. The molecule has 318 valence electrons. The Hall–Kier alpha value is -2.98. The van der Waals surface area contributed by atoms with Crippen molar-refractivity contribution in [2.45, 2.75) is 147 Å². The molecule has 6 rings (SSSR count). The quantitative estimate of drug-likeness (QED) is 0.0795. The summed E-state index contributed by atoms with van der Waals surface area (Å²) in [6.45, 7) is 25.8. The molecule has 4 aromatic rings. The Morgan fingerprint density at radius 3 is 1.97 bits per heavy atom. The molecule has 10 nitrogen and oxygen atoms in total. The van der Waals surface area contributed by atoms with Gasteiger partial charge in [0.05, 0.1) is 12.9 Å². The number of aromatic nitrogens is 4. The van der Waals surface area contributed by atoms with Gasteiger partial charge in [-0.15, -0.1) is 0 Å². The lowest BCUT2D eigenvalue weighted by molar-refractivity contribution is -0.0562. The average molecular weight is 829 g/mol. The van der Waals surface area contributed by atoms with Crippen LogP contribution in [-0.2, 0) is 24.7 Å². The van der Waals surface area contributed by atoms with Crippen molar-refractivity contribution in [1.82, 2.24) is 24.8 Å². The van der Waals surface area contributed by atoms with Gasteiger partial charge in [-0.1, -0.05) is 121 Å². The summed E-state index contributed by atoms with van der Waals surface area (Å²) >= 11 is 0. The van der Waals surface area contributed by atoms with Crippen LogP contribution in [0.3, 0.4) is 0 Å². The van der Waals surface area contributed by atoms with Crippen LogP contribution in [0.15, 0.2) is 67.0 Å². The number of nitrogens with zero attached hydrogens (tertiary/aromatic N) is 4. The van der Waals surface area contributed by atoms with Crippen molar-refractivity contribution >= 4 is 33.6 Å². The number of rotatable bonds is 17. The highest BCUT2D eigenvalue weighted by Crippen LogP contribution is 2.46. The standard InChI is InChI=1S/C46H72N6O4Si2/c1-45(2,3)57(8,9)55-40-37(31-53-7)54-44(41(40)56-58(10,11)46(4,5)6)52-32-49-39-42(48-30-36(34-23-17-13-18-24-34)35-25-19-14-20-26-35)50-38(51-43(39)52)27-28-47-29-33-21-15-12-16-22-33/h13-14,17-20,23-26,32-33,36-37,40-41,44,47H,12,15-16,21-22,27-31H2,1-11H3,(H,48,50,51). The highest BCUT2D eigenvalue weighted by Gasteiger charge is 2.54. The van der Waals surface area contributed by atoms with Gasteiger partial charge in [-0.05, 0) is 72.7 Å². The number of benzene rings is 2. The summed E-state index contributed by atoms with van der Waals surface area (Å²) in [5, 5.41) is 7.49. The van der Waals surface area contributed by atoms with Gasteiger partial charge >= 0.3 is 0 Å². The van der Waals surface area contributed by atoms with Gasteiger partial charge in [-0.25, -0.2) is 15.0 Å². The normalized spacial score (nSPS) is 21.3. The molecule has 4 atom stereocenters. The second kappa shape index (κ2) is 18.7. The first-order chi connectivity index (χ1) is 27.5. The number of imidazole rings is 1. The molecule has 0 spiro atoms. The minimum absolute atomic E-state index is 0.00297. The zero-order valence-electron chi connectivity index (χ0n) is 37.3. The first kappa shape index (κ1) is 44.6. The molecule has 4 unspecified atom stereocenters. The van der Waals surface area contributed by atoms with E-state index >= 15 is 0 Å². The molecular weight excluding hydrogens is 757 g/mol. The Morgan fingerprint density at radius 2 is 1.40 bits per heavy atom. The topological polar surface area (TPSA) is 105 Å². The van der Waals surface area contributed by atoms with E-state index in [-0.39, 0.29) is 28.2 Å². The third-order valence-corrected chi connectivity index (χ3v) is 22.3. The Bertz CT molecular complexity index is 1850. The SMILES string of the molecule is COCC1OC(n2cnc3c(NCC(c4ccccc4)c4ccccc4)nc(CCNCC4CCCCC4)nc32)C(O[Si](C)(C)C(C)(C)C)C1O[Si](C)(C)C(C)(C)C. The predicted octanol–water partition coefficient (Wildman–Crippen LogP) is 10.1. The molecular formula is C46H72N6O4Si2. The second-order valence-corrected chi connectivity index (χ2v) is 29.2. The van der Waals surface area contributed by atoms with Crippen molar-refractivity contribution in [3.05, 3.63) is 83.9 Å². The molecule has 3 heterocycles. The lowest BCUT2D eigenvalue weighted by Gasteiger charge is -2.44. The summed E-state index contributed by atoms with van der Waals surface area (Å²) in [4.78, 5) is 15.5. The molecule has 1 saturated carbocycles. The average Bonchev–Trinajstić information content (AvgIpc) is 3.74. The summed E-state index contributed by atoms with van der Waals surface area (Å²) in [6.07, 6.45) is 7.64. The monoisotopic (exact) mass is 829 g/mol. The molecule has 1 saturated heterocycles. The van der Waals surface area contributed by atoms with Crippen LogP contribution in [0.5, 0.6) is 0 Å². The van der Waals surface area contributed by atoms with Crippen molar-refractivity contribution in [2.75, 3.05) is 38.7 Å². The lowest BCUT2D eigenvalue weighted by atomic mass is 9.89. The van der Waals surface area contributed by atoms with Crippen LogP contribution < -0.4 is 10.6 Å². The van der Waals surface area contributed by atoms with E-state index in [1.807, 2.05) is 6.33 Å². The van der Waals surface area contributed by atoms with Gasteiger partial charge in [0.2, 0.25) is 0 Å². The van der Waals surface area contributed by atoms with Gasteiger partial charge in [0.25, 0.3) is 0 Å². The summed E-state index contributed by atoms with van der Waals surface area (Å²) in [5.41, 5.74) is 3.93. The van der Waals surface area contributed by atoms with E-state index in [1.54, 1.807) is 7.11 Å². The van der Waals surface area contributed by atoms with Crippen molar-refractivity contribution < 1.29 is 18.3 Å². The summed E-state index contributed by atoms with van der Waals surface area (Å²) < 4.78 is 29.7. The summed E-state index contributed by atoms with van der Waals surface area (Å²) in [6, 6.07) is 21.4. The van der Waals surface area contributed by atoms with E-state index in [4.69, 9.17) is 33.3 Å². The molecule has 2 fully saturated rings. The Labute approximate surface area is 350 Å². The Kier molecular flexibility index (Phi) is 14.4. The maximum Gasteiger partial charge on any atom is 0.192 e. The van der Waals surface area contributed by atoms with E-state index in [1.165, 1.54) is 43.2 Å². The van der Waals surface area contributed by atoms with E-state index in [9.17, 15) is 0 Å². The number of hydrogen-bond acceptors (Lipinski definition) is 9. The lowest BCUT2D eigenvalue weighted by Crippen LogP contribution is -2.54. The van der Waals surface area contributed by atoms with Crippen molar-refractivity contribution in [2.24, 2.45) is 5.92 Å². The molecule has 2 N–H and O–H groups in total. The second-order valence-electron chi connectivity index (χ2n) is 19.7. The molecule has 58 heavy (non-hydrogen) atoms. The fourth-order valence-electron chi connectivity index (χ4n) is 7.81. The summed E-state index contributed by atoms with van der Waals surface area (Å²) in [7, 11) is -2.86. The largest absolute Gasteiger partial charge is 0.408 e. The molecule has 0 radical (unpaired) electrons. The smallest absolute Gasteiger partial charge is 0.192 e. The molecule has 2 aliphatic rings. The van der Waals surface area contributed by atoms with Crippen LogP contribution in [0.1, 0.15) is 103 Å². The van der Waals surface area contributed by atoms with Gasteiger partial charge in [0, 0.05) is 32.5 Å². The van der Waals surface area contributed by atoms with Gasteiger partial charge in [-0.3, -0.25) is 4.57 Å². The number of hydrogen-bond donors (Lipinski definition) is 2. The van der Waals surface area contributed by atoms with E-state index in [0.29, 0.717) is 25.1 Å². The zero-order chi connectivity index (χ0) is 41.7. The van der Waals surface area contributed by atoms with Gasteiger partial charge in [0.15, 0.2) is 39.8 Å². The van der Waals surface area contributed by atoms with Crippen molar-refractivity contribution in [3.8, 4) is 0 Å². The first-order valence-electron chi connectivity index (χ1n) is 21.8. The number of anilines is 1. The van der Waals surface area contributed by atoms with Gasteiger partial charge in [-0.2, -0.15) is 0 Å². The van der Waals surface area contributed by atoms with Crippen LogP contribution in [0.25, 0.3) is 11.2 Å². The highest BCUT2D eigenvalue weighted by molar-refractivity contribution is 6.74. The molecule has 2 aromatic carbocycles. The molecule has 1 aliphatic carbocycles. The number of fused-ring (bicyclic) bond motifs is 1. The van der Waals surface area contributed by atoms with E-state index in [0.717, 1.165) is 36.3 Å². The van der Waals surface area contributed by atoms with Crippen molar-refractivity contribution in [1.29, 1.82) is 0 Å². The summed E-state index contributed by atoms with van der Waals surface area (Å²) in [5.74, 6) is 2.36. The maximum absolute atomic E-state index is 7.41. The van der Waals surface area contributed by atoms with Crippen LogP contribution >= 0.6 is 0 Å². The highest BCUT2D eigenvalue weighted by atomic mass is 28.4. The minimum Gasteiger partial charge on any atom is -0.408 e. The molecule has 12 heteroatoms. The number of methoxy groups -OCH3 is 1. The van der Waals surface area contributed by atoms with Crippen LogP contribution in [0.2, 0.25) is 36.3 Å². The third kappa shape index (κ3) is 10.5. The molecule has 0 bridgehead atoms. The van der Waals surface area contributed by atoms with Crippen LogP contribution in [0.4, 0.5) is 5.82 Å². The fourth-order valence-corrected chi connectivity index (χ4v) is 10.4. The van der Waals surface area contributed by atoms with Crippen LogP contribution in [0, 0.1) is 5.92 Å². The molecule has 1 aliphatic heterocycles. The van der Waals surface area contributed by atoms with Crippen molar-refractivity contribution in [3.63, 3.8) is 0 Å². The Morgan fingerprint density at radius 1 is 0.810 bits per heavy atom. The number of ether oxygens (including phenoxy) is 2. The zero-order valence-corrected chi connectivity index (χ0v) is 39.3. The van der Waals surface area contributed by atoms with Gasteiger partial charge in [0.1, 0.15) is 24.1 Å². The first-order valence-corrected chi connectivity index (χ1v) is 27.6. The Balaban J connectivity index is 1.39. The predicted molar refractivity (Wildman–Crippen MR) is 242 cm³/mol. The third-order valence-electron chi connectivity index (χ3n) is 13.4. The fraction of sp³-hybridized carbons (Fsp3) is 0.630. The molecule has 2 aromatic heterocycles. The number of nitrogens with one attached hydrogen (secondary N) is 2. The van der Waals surface area contributed by atoms with Gasteiger partial charge < -0.3 is 29.0 Å². The molecule has 0 amide bonds.